The summed E-state index contributed by atoms with van der Waals surface area (Å²) in [6.07, 6.45) is 2.38. The van der Waals surface area contributed by atoms with Gasteiger partial charge in [-0.25, -0.2) is 0 Å². The zero-order valence-corrected chi connectivity index (χ0v) is 13.5. The first-order chi connectivity index (χ1) is 9.97. The summed E-state index contributed by atoms with van der Waals surface area (Å²) in [5, 5.41) is 0. The van der Waals surface area contributed by atoms with Crippen LogP contribution in [0, 0.1) is 0 Å². The van der Waals surface area contributed by atoms with Crippen molar-refractivity contribution in [1.29, 1.82) is 0 Å². The Bertz CT molecular complexity index is 378. The van der Waals surface area contributed by atoms with Gasteiger partial charge in [-0.3, -0.25) is 14.5 Å². The number of hydrogen-bond donors (Lipinski definition) is 0. The Labute approximate surface area is 127 Å². The number of rotatable bonds is 3. The lowest BCUT2D eigenvalue weighted by Gasteiger charge is -2.38. The molecule has 1 unspecified atom stereocenters. The van der Waals surface area contributed by atoms with Gasteiger partial charge in [0.2, 0.25) is 11.8 Å². The number of nitrogens with zero attached hydrogens (tertiary/aromatic N) is 4. The monoisotopic (exact) mass is 296 g/mol. The van der Waals surface area contributed by atoms with Gasteiger partial charge < -0.3 is 14.7 Å². The molecule has 2 rings (SSSR count). The van der Waals surface area contributed by atoms with Gasteiger partial charge in [0.25, 0.3) is 0 Å². The number of carbonyl (C=O) groups excluding carboxylic acids is 2. The Balaban J connectivity index is 1.78. The maximum absolute atomic E-state index is 12.4. The quantitative estimate of drug-likeness (QED) is 0.718. The van der Waals surface area contributed by atoms with Gasteiger partial charge in [-0.2, -0.15) is 0 Å². The van der Waals surface area contributed by atoms with Crippen molar-refractivity contribution in [2.75, 3.05) is 59.9 Å². The Kier molecular flexibility index (Phi) is 5.58. The molecular weight excluding hydrogens is 268 g/mol. The van der Waals surface area contributed by atoms with Crippen LogP contribution in [0.25, 0.3) is 0 Å². The number of piperazine rings is 1. The molecule has 2 fully saturated rings. The number of carbonyl (C=O) groups is 2. The average molecular weight is 296 g/mol. The van der Waals surface area contributed by atoms with Crippen molar-refractivity contribution in [3.63, 3.8) is 0 Å². The van der Waals surface area contributed by atoms with Gasteiger partial charge in [-0.1, -0.05) is 0 Å². The fourth-order valence-electron chi connectivity index (χ4n) is 3.16. The summed E-state index contributed by atoms with van der Waals surface area (Å²) in [5.41, 5.74) is 0. The minimum Gasteiger partial charge on any atom is -0.339 e. The molecule has 0 N–H and O–H groups in total. The highest BCUT2D eigenvalue weighted by Crippen LogP contribution is 2.14. The molecule has 2 saturated heterocycles. The van der Waals surface area contributed by atoms with Crippen molar-refractivity contribution in [1.82, 2.24) is 19.6 Å². The van der Waals surface area contributed by atoms with E-state index in [1.165, 1.54) is 6.42 Å². The van der Waals surface area contributed by atoms with Gasteiger partial charge in [0.15, 0.2) is 0 Å². The summed E-state index contributed by atoms with van der Waals surface area (Å²) in [6, 6.07) is 0.557. The van der Waals surface area contributed by atoms with E-state index in [1.54, 1.807) is 6.92 Å². The van der Waals surface area contributed by atoms with E-state index in [9.17, 15) is 9.59 Å². The molecule has 0 aromatic rings. The molecule has 2 aliphatic rings. The fraction of sp³-hybridized carbons (Fsp3) is 0.867. The van der Waals surface area contributed by atoms with Crippen molar-refractivity contribution >= 4 is 11.8 Å². The predicted octanol–water partition coefficient (Wildman–Crippen LogP) is -0.297. The zero-order chi connectivity index (χ0) is 15.4. The lowest BCUT2D eigenvalue weighted by atomic mass is 10.0. The molecule has 2 aliphatic heterocycles. The Morgan fingerprint density at radius 3 is 2.24 bits per heavy atom. The maximum atomic E-state index is 12.4. The molecule has 1 atom stereocenters. The molecule has 21 heavy (non-hydrogen) atoms. The zero-order valence-electron chi connectivity index (χ0n) is 13.5. The van der Waals surface area contributed by atoms with Gasteiger partial charge >= 0.3 is 0 Å². The molecule has 0 aromatic heterocycles. The molecular formula is C15H28N4O2. The van der Waals surface area contributed by atoms with Crippen LogP contribution in [0.3, 0.4) is 0 Å². The Morgan fingerprint density at radius 1 is 1.05 bits per heavy atom. The van der Waals surface area contributed by atoms with E-state index in [-0.39, 0.29) is 11.8 Å². The minimum absolute atomic E-state index is 0.104. The van der Waals surface area contributed by atoms with E-state index in [4.69, 9.17) is 0 Å². The summed E-state index contributed by atoms with van der Waals surface area (Å²) in [4.78, 5) is 31.9. The van der Waals surface area contributed by atoms with Crippen LogP contribution in [0.1, 0.15) is 19.8 Å². The third kappa shape index (κ3) is 4.41. The van der Waals surface area contributed by atoms with Gasteiger partial charge in [0.1, 0.15) is 0 Å². The molecule has 2 heterocycles. The van der Waals surface area contributed by atoms with Crippen LogP contribution in [-0.4, -0.2) is 97.4 Å². The first-order valence-electron chi connectivity index (χ1n) is 7.89. The van der Waals surface area contributed by atoms with E-state index in [0.29, 0.717) is 38.8 Å². The molecule has 0 bridgehead atoms. The van der Waals surface area contributed by atoms with Crippen molar-refractivity contribution in [2.24, 2.45) is 0 Å². The van der Waals surface area contributed by atoms with Gasteiger partial charge in [0, 0.05) is 45.7 Å². The first-order valence-corrected chi connectivity index (χ1v) is 7.89. The van der Waals surface area contributed by atoms with Crippen LogP contribution in [0.15, 0.2) is 0 Å². The lowest BCUT2D eigenvalue weighted by Crippen LogP contribution is -2.54. The molecule has 0 spiro atoms. The fourth-order valence-corrected chi connectivity index (χ4v) is 3.16. The largest absolute Gasteiger partial charge is 0.339 e. The van der Waals surface area contributed by atoms with E-state index >= 15 is 0 Å². The number of likely N-dealkylation sites (tertiary alicyclic amines) is 1. The van der Waals surface area contributed by atoms with E-state index in [2.05, 4.69) is 23.9 Å². The summed E-state index contributed by atoms with van der Waals surface area (Å²) in [7, 11) is 4.22. The van der Waals surface area contributed by atoms with Crippen LogP contribution < -0.4 is 0 Å². The van der Waals surface area contributed by atoms with Crippen LogP contribution >= 0.6 is 0 Å². The minimum atomic E-state index is 0.104. The molecule has 120 valence electrons. The molecule has 6 heteroatoms. The average Bonchev–Trinajstić information content (AvgIpc) is 2.47. The van der Waals surface area contributed by atoms with Gasteiger partial charge in [-0.15, -0.1) is 0 Å². The SMILES string of the molecule is CC(=O)N1CCN(C(=O)CN2CCCC(N(C)C)C2)CC1. The third-order valence-corrected chi connectivity index (χ3v) is 4.65. The van der Waals surface area contributed by atoms with Crippen LogP contribution in [0.2, 0.25) is 0 Å². The van der Waals surface area contributed by atoms with Gasteiger partial charge in [0.05, 0.1) is 6.54 Å². The molecule has 0 aliphatic carbocycles. The van der Waals surface area contributed by atoms with E-state index in [0.717, 1.165) is 19.5 Å². The molecule has 0 aromatic carbocycles. The predicted molar refractivity (Wildman–Crippen MR) is 82.0 cm³/mol. The van der Waals surface area contributed by atoms with E-state index < -0.39 is 0 Å². The number of piperidine rings is 1. The van der Waals surface area contributed by atoms with Crippen LogP contribution in [-0.2, 0) is 9.59 Å². The second-order valence-electron chi connectivity index (χ2n) is 6.38. The summed E-state index contributed by atoms with van der Waals surface area (Å²) in [5.74, 6) is 0.310. The van der Waals surface area contributed by atoms with Crippen LogP contribution in [0.5, 0.6) is 0 Å². The van der Waals surface area contributed by atoms with E-state index in [1.807, 2.05) is 9.80 Å². The topological polar surface area (TPSA) is 47.1 Å². The highest BCUT2D eigenvalue weighted by atomic mass is 16.2. The highest BCUT2D eigenvalue weighted by molar-refractivity contribution is 5.79. The second kappa shape index (κ2) is 7.22. The number of hydrogen-bond acceptors (Lipinski definition) is 4. The lowest BCUT2D eigenvalue weighted by molar-refractivity contribution is -0.139. The second-order valence-corrected chi connectivity index (χ2v) is 6.38. The highest BCUT2D eigenvalue weighted by Gasteiger charge is 2.26. The smallest absolute Gasteiger partial charge is 0.236 e. The Hall–Kier alpha value is -1.14. The Morgan fingerprint density at radius 2 is 1.67 bits per heavy atom. The summed E-state index contributed by atoms with van der Waals surface area (Å²) >= 11 is 0. The summed E-state index contributed by atoms with van der Waals surface area (Å²) < 4.78 is 0. The third-order valence-electron chi connectivity index (χ3n) is 4.65. The maximum Gasteiger partial charge on any atom is 0.236 e. The molecule has 6 nitrogen and oxygen atoms in total. The number of amides is 2. The van der Waals surface area contributed by atoms with Crippen LogP contribution in [0.4, 0.5) is 0 Å². The summed E-state index contributed by atoms with van der Waals surface area (Å²) in [6.45, 7) is 6.78. The first kappa shape index (κ1) is 16.2. The molecule has 0 radical (unpaired) electrons. The van der Waals surface area contributed by atoms with Crippen molar-refractivity contribution in [3.05, 3.63) is 0 Å². The van der Waals surface area contributed by atoms with Crippen molar-refractivity contribution in [3.8, 4) is 0 Å². The molecule has 0 saturated carbocycles. The normalized spacial score (nSPS) is 24.5. The standard InChI is InChI=1S/C15H28N4O2/c1-13(20)18-7-9-19(10-8-18)15(21)12-17-6-4-5-14(11-17)16(2)3/h14H,4-12H2,1-3H3. The van der Waals surface area contributed by atoms with Crippen molar-refractivity contribution < 1.29 is 9.59 Å². The number of likely N-dealkylation sites (N-methyl/N-ethyl adjacent to an activating group) is 1. The van der Waals surface area contributed by atoms with Crippen molar-refractivity contribution in [2.45, 2.75) is 25.8 Å². The molecule has 2 amide bonds. The van der Waals surface area contributed by atoms with Gasteiger partial charge in [-0.05, 0) is 33.5 Å².